The maximum absolute atomic E-state index is 12.9. The van der Waals surface area contributed by atoms with E-state index in [1.807, 2.05) is 6.92 Å². The predicted molar refractivity (Wildman–Crippen MR) is 86.6 cm³/mol. The maximum atomic E-state index is 12.9. The monoisotopic (exact) mass is 346 g/mol. The van der Waals surface area contributed by atoms with Gasteiger partial charge in [0.25, 0.3) is 0 Å². The molecular formula is C14H22N2O4S2. The van der Waals surface area contributed by atoms with Crippen molar-refractivity contribution >= 4 is 25.5 Å². The summed E-state index contributed by atoms with van der Waals surface area (Å²) in [5.74, 6) is -0.189. The van der Waals surface area contributed by atoms with E-state index in [0.29, 0.717) is 12.1 Å². The van der Waals surface area contributed by atoms with Crippen LogP contribution in [-0.2, 0) is 19.9 Å². The molecule has 2 N–H and O–H groups in total. The minimum Gasteiger partial charge on any atom is -0.399 e. The van der Waals surface area contributed by atoms with Gasteiger partial charge in [-0.1, -0.05) is 19.4 Å². The predicted octanol–water partition coefficient (Wildman–Crippen LogP) is 1.10. The first-order valence-corrected chi connectivity index (χ1v) is 10.6. The SMILES string of the molecule is CCC[C@@H]1CN(S(C)(=O)=O)CC1S(=O)(=O)c1cccc(N)c1. The molecular weight excluding hydrogens is 324 g/mol. The first-order valence-electron chi connectivity index (χ1n) is 7.20. The number of rotatable bonds is 5. The number of sulfonamides is 1. The molecule has 124 valence electrons. The second-order valence-electron chi connectivity index (χ2n) is 5.78. The molecule has 1 aliphatic heterocycles. The number of hydrogen-bond acceptors (Lipinski definition) is 5. The van der Waals surface area contributed by atoms with Crippen LogP contribution in [0.15, 0.2) is 29.2 Å². The van der Waals surface area contributed by atoms with Gasteiger partial charge in [0.05, 0.1) is 16.4 Å². The average molecular weight is 346 g/mol. The van der Waals surface area contributed by atoms with Crippen molar-refractivity contribution in [1.29, 1.82) is 0 Å². The Labute approximate surface area is 132 Å². The highest BCUT2D eigenvalue weighted by Gasteiger charge is 2.44. The van der Waals surface area contributed by atoms with Gasteiger partial charge in [-0.25, -0.2) is 21.1 Å². The number of anilines is 1. The van der Waals surface area contributed by atoms with Crippen molar-refractivity contribution in [2.24, 2.45) is 5.92 Å². The molecule has 0 aromatic heterocycles. The quantitative estimate of drug-likeness (QED) is 0.805. The van der Waals surface area contributed by atoms with Crippen LogP contribution in [0.5, 0.6) is 0 Å². The number of hydrogen-bond donors (Lipinski definition) is 1. The zero-order valence-electron chi connectivity index (χ0n) is 12.8. The number of nitrogens with two attached hydrogens (primary N) is 1. The maximum Gasteiger partial charge on any atom is 0.211 e. The summed E-state index contributed by atoms with van der Waals surface area (Å²) in [6.45, 7) is 2.24. The summed E-state index contributed by atoms with van der Waals surface area (Å²) in [6, 6.07) is 6.17. The van der Waals surface area contributed by atoms with Crippen LogP contribution < -0.4 is 5.73 Å². The number of sulfone groups is 1. The Morgan fingerprint density at radius 3 is 2.45 bits per heavy atom. The summed E-state index contributed by atoms with van der Waals surface area (Å²) in [4.78, 5) is 0.161. The molecule has 1 aliphatic rings. The lowest BCUT2D eigenvalue weighted by Crippen LogP contribution is -2.32. The molecule has 8 heteroatoms. The fraction of sp³-hybridized carbons (Fsp3) is 0.571. The standard InChI is InChI=1S/C14H22N2O4S2/c1-3-5-11-9-16(21(2,17)18)10-14(11)22(19,20)13-7-4-6-12(15)8-13/h4,6-8,11,14H,3,5,9-10,15H2,1-2H3/t11-,14?/m1/s1. The molecule has 22 heavy (non-hydrogen) atoms. The summed E-state index contributed by atoms with van der Waals surface area (Å²) in [5.41, 5.74) is 6.05. The lowest BCUT2D eigenvalue weighted by atomic mass is 10.0. The molecule has 0 aliphatic carbocycles. The van der Waals surface area contributed by atoms with Gasteiger partial charge < -0.3 is 5.73 Å². The van der Waals surface area contributed by atoms with Gasteiger partial charge in [-0.05, 0) is 30.5 Å². The van der Waals surface area contributed by atoms with Crippen LogP contribution in [-0.4, -0.2) is 45.7 Å². The summed E-state index contributed by atoms with van der Waals surface area (Å²) in [6.07, 6.45) is 2.61. The van der Waals surface area contributed by atoms with Crippen molar-refractivity contribution in [3.05, 3.63) is 24.3 Å². The zero-order valence-corrected chi connectivity index (χ0v) is 14.4. The number of nitrogens with zero attached hydrogens (tertiary/aromatic N) is 1. The summed E-state index contributed by atoms with van der Waals surface area (Å²) < 4.78 is 50.5. The van der Waals surface area contributed by atoms with Gasteiger partial charge in [0.2, 0.25) is 10.0 Å². The van der Waals surface area contributed by atoms with E-state index in [0.717, 1.165) is 12.7 Å². The minimum atomic E-state index is -3.61. The Bertz CT molecular complexity index is 744. The highest BCUT2D eigenvalue weighted by atomic mass is 32.2. The van der Waals surface area contributed by atoms with Gasteiger partial charge in [0, 0.05) is 18.8 Å². The van der Waals surface area contributed by atoms with Crippen LogP contribution in [0.25, 0.3) is 0 Å². The van der Waals surface area contributed by atoms with Crippen LogP contribution in [0, 0.1) is 5.92 Å². The molecule has 0 saturated carbocycles. The highest BCUT2D eigenvalue weighted by Crippen LogP contribution is 2.32. The van der Waals surface area contributed by atoms with Gasteiger partial charge in [-0.3, -0.25) is 0 Å². The fourth-order valence-corrected chi connectivity index (χ4v) is 5.95. The normalized spacial score (nSPS) is 23.7. The van der Waals surface area contributed by atoms with Gasteiger partial charge in [-0.15, -0.1) is 0 Å². The van der Waals surface area contributed by atoms with Gasteiger partial charge in [-0.2, -0.15) is 0 Å². The average Bonchev–Trinajstić information content (AvgIpc) is 2.84. The van der Waals surface area contributed by atoms with Crippen LogP contribution in [0.3, 0.4) is 0 Å². The van der Waals surface area contributed by atoms with Crippen molar-refractivity contribution in [3.63, 3.8) is 0 Å². The van der Waals surface area contributed by atoms with E-state index < -0.39 is 25.1 Å². The Morgan fingerprint density at radius 1 is 1.23 bits per heavy atom. The largest absolute Gasteiger partial charge is 0.399 e. The second kappa shape index (κ2) is 6.17. The van der Waals surface area contributed by atoms with Gasteiger partial charge in [0.1, 0.15) is 0 Å². The molecule has 1 heterocycles. The molecule has 1 aromatic carbocycles. The van der Waals surface area contributed by atoms with Crippen LogP contribution in [0.4, 0.5) is 5.69 Å². The molecule has 1 aromatic rings. The third kappa shape index (κ3) is 3.44. The Kier molecular flexibility index (Phi) is 4.84. The molecule has 1 unspecified atom stereocenters. The third-order valence-electron chi connectivity index (χ3n) is 4.06. The first-order chi connectivity index (χ1) is 10.2. The van der Waals surface area contributed by atoms with E-state index >= 15 is 0 Å². The van der Waals surface area contributed by atoms with Crippen LogP contribution >= 0.6 is 0 Å². The van der Waals surface area contributed by atoms with E-state index in [-0.39, 0.29) is 23.9 Å². The Morgan fingerprint density at radius 2 is 1.91 bits per heavy atom. The summed E-state index contributed by atoms with van der Waals surface area (Å²) in [7, 11) is -7.01. The highest BCUT2D eigenvalue weighted by molar-refractivity contribution is 7.92. The van der Waals surface area contributed by atoms with Crippen LogP contribution in [0.2, 0.25) is 0 Å². The van der Waals surface area contributed by atoms with Crippen molar-refractivity contribution < 1.29 is 16.8 Å². The van der Waals surface area contributed by atoms with E-state index in [2.05, 4.69) is 0 Å². The molecule has 1 saturated heterocycles. The molecule has 0 bridgehead atoms. The van der Waals surface area contributed by atoms with E-state index in [9.17, 15) is 16.8 Å². The van der Waals surface area contributed by atoms with Crippen molar-refractivity contribution in [1.82, 2.24) is 4.31 Å². The lowest BCUT2D eigenvalue weighted by Gasteiger charge is -2.18. The Balaban J connectivity index is 2.39. The summed E-state index contributed by atoms with van der Waals surface area (Å²) in [5, 5.41) is -0.719. The van der Waals surface area contributed by atoms with Crippen molar-refractivity contribution in [2.75, 3.05) is 25.1 Å². The van der Waals surface area contributed by atoms with E-state index in [4.69, 9.17) is 5.73 Å². The molecule has 2 atom stereocenters. The van der Waals surface area contributed by atoms with Crippen molar-refractivity contribution in [2.45, 2.75) is 29.9 Å². The van der Waals surface area contributed by atoms with Crippen molar-refractivity contribution in [3.8, 4) is 0 Å². The topological polar surface area (TPSA) is 97.5 Å². The Hall–Kier alpha value is -1.12. The molecule has 6 nitrogen and oxygen atoms in total. The number of nitrogen functional groups attached to an aromatic ring is 1. The third-order valence-corrected chi connectivity index (χ3v) is 7.54. The molecule has 0 amide bonds. The van der Waals surface area contributed by atoms with Crippen LogP contribution in [0.1, 0.15) is 19.8 Å². The fourth-order valence-electron chi connectivity index (χ4n) is 2.94. The van der Waals surface area contributed by atoms with Gasteiger partial charge in [0.15, 0.2) is 9.84 Å². The smallest absolute Gasteiger partial charge is 0.211 e. The second-order valence-corrected chi connectivity index (χ2v) is 9.93. The lowest BCUT2D eigenvalue weighted by molar-refractivity contribution is 0.447. The molecule has 1 fully saturated rings. The first kappa shape index (κ1) is 17.2. The zero-order chi connectivity index (χ0) is 16.5. The van der Waals surface area contributed by atoms with E-state index in [1.54, 1.807) is 12.1 Å². The summed E-state index contributed by atoms with van der Waals surface area (Å²) >= 11 is 0. The van der Waals surface area contributed by atoms with Gasteiger partial charge >= 0.3 is 0 Å². The minimum absolute atomic E-state index is 0.0145. The van der Waals surface area contributed by atoms with E-state index in [1.165, 1.54) is 16.4 Å². The molecule has 0 radical (unpaired) electrons. The number of benzene rings is 1. The molecule has 0 spiro atoms. The molecule has 2 rings (SSSR count).